The fraction of sp³-hybridized carbons (Fsp3) is 0.462. The maximum absolute atomic E-state index is 12.0. The number of hydrogen-bond acceptors (Lipinski definition) is 3. The van der Waals surface area contributed by atoms with Crippen molar-refractivity contribution in [2.75, 3.05) is 32.4 Å². The minimum Gasteiger partial charge on any atom is -0.398 e. The maximum atomic E-state index is 12.0. The molecule has 1 saturated heterocycles. The summed E-state index contributed by atoms with van der Waals surface area (Å²) in [7, 11) is 2.11. The fourth-order valence-corrected chi connectivity index (χ4v) is 2.46. The van der Waals surface area contributed by atoms with Crippen LogP contribution in [0.4, 0.5) is 5.69 Å². The average molecular weight is 312 g/mol. The lowest BCUT2D eigenvalue weighted by Gasteiger charge is -2.12. The van der Waals surface area contributed by atoms with E-state index in [9.17, 15) is 4.79 Å². The van der Waals surface area contributed by atoms with E-state index in [4.69, 9.17) is 5.73 Å². The Balaban J connectivity index is 1.89. The second-order valence-corrected chi connectivity index (χ2v) is 5.72. The summed E-state index contributed by atoms with van der Waals surface area (Å²) in [4.78, 5) is 14.2. The van der Waals surface area contributed by atoms with Gasteiger partial charge in [-0.15, -0.1) is 0 Å². The quantitative estimate of drug-likeness (QED) is 0.836. The Hall–Kier alpha value is -1.07. The normalized spacial score (nSPS) is 20.0. The number of likely N-dealkylation sites (tertiary alicyclic amines) is 1. The van der Waals surface area contributed by atoms with Crippen LogP contribution < -0.4 is 11.1 Å². The number of nitrogens with zero attached hydrogens (tertiary/aromatic N) is 1. The molecular weight excluding hydrogens is 294 g/mol. The lowest BCUT2D eigenvalue weighted by atomic mass is 10.1. The summed E-state index contributed by atoms with van der Waals surface area (Å²) in [6, 6.07) is 5.27. The average Bonchev–Trinajstić information content (AvgIpc) is 2.75. The molecule has 0 bridgehead atoms. The first-order chi connectivity index (χ1) is 8.56. The van der Waals surface area contributed by atoms with Crippen LogP contribution in [0.2, 0.25) is 0 Å². The zero-order valence-corrected chi connectivity index (χ0v) is 12.0. The first-order valence-electron chi connectivity index (χ1n) is 6.08. The molecule has 3 N–H and O–H groups in total. The molecule has 1 unspecified atom stereocenters. The largest absolute Gasteiger partial charge is 0.398 e. The van der Waals surface area contributed by atoms with Crippen molar-refractivity contribution in [3.8, 4) is 0 Å². The molecule has 4 nitrogen and oxygen atoms in total. The predicted octanol–water partition coefficient (Wildman–Crippen LogP) is 1.71. The molecule has 0 radical (unpaired) electrons. The molecule has 1 amide bonds. The van der Waals surface area contributed by atoms with Crippen molar-refractivity contribution in [1.82, 2.24) is 10.2 Å². The molecule has 1 aromatic rings. The fourth-order valence-electron chi connectivity index (χ4n) is 2.22. The Kier molecular flexibility index (Phi) is 4.24. The SMILES string of the molecule is CN1CCC(CNC(=O)c2ccc(Br)c(N)c2)C1. The van der Waals surface area contributed by atoms with Gasteiger partial charge in [-0.05, 0) is 60.1 Å². The molecule has 1 fully saturated rings. The van der Waals surface area contributed by atoms with Gasteiger partial charge >= 0.3 is 0 Å². The van der Waals surface area contributed by atoms with Gasteiger partial charge in [-0.3, -0.25) is 4.79 Å². The lowest BCUT2D eigenvalue weighted by molar-refractivity contribution is 0.0947. The zero-order chi connectivity index (χ0) is 13.1. The molecule has 0 aliphatic carbocycles. The van der Waals surface area contributed by atoms with Crippen molar-refractivity contribution in [2.24, 2.45) is 5.92 Å². The lowest BCUT2D eigenvalue weighted by Crippen LogP contribution is -2.30. The van der Waals surface area contributed by atoms with Crippen molar-refractivity contribution in [2.45, 2.75) is 6.42 Å². The summed E-state index contributed by atoms with van der Waals surface area (Å²) in [6.45, 7) is 2.91. The van der Waals surface area contributed by atoms with Crippen LogP contribution in [0.25, 0.3) is 0 Å². The van der Waals surface area contributed by atoms with Gasteiger partial charge in [-0.25, -0.2) is 0 Å². The molecule has 5 heteroatoms. The third-order valence-electron chi connectivity index (χ3n) is 3.30. The van der Waals surface area contributed by atoms with E-state index in [1.807, 2.05) is 0 Å². The number of nitrogens with two attached hydrogens (primary N) is 1. The van der Waals surface area contributed by atoms with Crippen molar-refractivity contribution in [3.63, 3.8) is 0 Å². The van der Waals surface area contributed by atoms with Crippen LogP contribution in [0.3, 0.4) is 0 Å². The molecule has 1 heterocycles. The van der Waals surface area contributed by atoms with Crippen LogP contribution in [0, 0.1) is 5.92 Å². The van der Waals surface area contributed by atoms with Crippen molar-refractivity contribution in [1.29, 1.82) is 0 Å². The number of benzene rings is 1. The molecule has 18 heavy (non-hydrogen) atoms. The van der Waals surface area contributed by atoms with Gasteiger partial charge in [-0.1, -0.05) is 0 Å². The number of amides is 1. The molecule has 1 atom stereocenters. The van der Waals surface area contributed by atoms with E-state index in [1.165, 1.54) is 0 Å². The molecule has 1 aliphatic heterocycles. The van der Waals surface area contributed by atoms with Gasteiger partial charge in [0.1, 0.15) is 0 Å². The van der Waals surface area contributed by atoms with E-state index in [1.54, 1.807) is 18.2 Å². The Morgan fingerprint density at radius 1 is 1.61 bits per heavy atom. The van der Waals surface area contributed by atoms with E-state index < -0.39 is 0 Å². The van der Waals surface area contributed by atoms with Crippen LogP contribution >= 0.6 is 15.9 Å². The van der Waals surface area contributed by atoms with E-state index in [-0.39, 0.29) is 5.91 Å². The number of anilines is 1. The molecular formula is C13H18BrN3O. The Bertz CT molecular complexity index is 450. The van der Waals surface area contributed by atoms with Crippen LogP contribution in [0.15, 0.2) is 22.7 Å². The molecule has 0 aromatic heterocycles. The summed E-state index contributed by atoms with van der Waals surface area (Å²) in [5.74, 6) is 0.510. The highest BCUT2D eigenvalue weighted by molar-refractivity contribution is 9.10. The summed E-state index contributed by atoms with van der Waals surface area (Å²) < 4.78 is 0.816. The van der Waals surface area contributed by atoms with Gasteiger partial charge in [-0.2, -0.15) is 0 Å². The second-order valence-electron chi connectivity index (χ2n) is 4.86. The minimum absolute atomic E-state index is 0.0521. The molecule has 0 spiro atoms. The van der Waals surface area contributed by atoms with Crippen molar-refractivity contribution >= 4 is 27.5 Å². The summed E-state index contributed by atoms with van der Waals surface area (Å²) in [5.41, 5.74) is 6.96. The third kappa shape index (κ3) is 3.23. The smallest absolute Gasteiger partial charge is 0.251 e. The standard InChI is InChI=1S/C13H18BrN3O/c1-17-5-4-9(8-17)7-16-13(18)10-2-3-11(14)12(15)6-10/h2-3,6,9H,4-5,7-8,15H2,1H3,(H,16,18). The van der Waals surface area contributed by atoms with Gasteiger partial charge in [0, 0.05) is 28.8 Å². The summed E-state index contributed by atoms with van der Waals surface area (Å²) >= 11 is 3.32. The molecule has 1 aliphatic rings. The predicted molar refractivity (Wildman–Crippen MR) is 76.5 cm³/mol. The highest BCUT2D eigenvalue weighted by Crippen LogP contribution is 2.20. The van der Waals surface area contributed by atoms with Crippen LogP contribution in [-0.4, -0.2) is 37.5 Å². The zero-order valence-electron chi connectivity index (χ0n) is 10.4. The van der Waals surface area contributed by atoms with Gasteiger partial charge in [0.25, 0.3) is 5.91 Å². The van der Waals surface area contributed by atoms with Gasteiger partial charge in [0.15, 0.2) is 0 Å². The van der Waals surface area contributed by atoms with Crippen LogP contribution in [0.1, 0.15) is 16.8 Å². The molecule has 0 saturated carbocycles. The van der Waals surface area contributed by atoms with E-state index in [0.717, 1.165) is 30.5 Å². The highest BCUT2D eigenvalue weighted by atomic mass is 79.9. The molecule has 2 rings (SSSR count). The summed E-state index contributed by atoms with van der Waals surface area (Å²) in [5, 5.41) is 2.97. The molecule has 1 aromatic carbocycles. The topological polar surface area (TPSA) is 58.4 Å². The van der Waals surface area contributed by atoms with E-state index in [2.05, 4.69) is 33.2 Å². The summed E-state index contributed by atoms with van der Waals surface area (Å²) in [6.07, 6.45) is 1.15. The number of carbonyl (C=O) groups is 1. The van der Waals surface area contributed by atoms with Crippen molar-refractivity contribution in [3.05, 3.63) is 28.2 Å². The number of rotatable bonds is 3. The van der Waals surface area contributed by atoms with Gasteiger partial charge < -0.3 is 16.0 Å². The second kappa shape index (κ2) is 5.71. The van der Waals surface area contributed by atoms with Crippen LogP contribution in [0.5, 0.6) is 0 Å². The Morgan fingerprint density at radius 3 is 3.00 bits per heavy atom. The third-order valence-corrected chi connectivity index (χ3v) is 4.02. The monoisotopic (exact) mass is 311 g/mol. The number of nitrogen functional groups attached to an aromatic ring is 1. The number of nitrogens with one attached hydrogen (secondary N) is 1. The first kappa shape index (κ1) is 13.4. The van der Waals surface area contributed by atoms with Crippen LogP contribution in [-0.2, 0) is 0 Å². The van der Waals surface area contributed by atoms with E-state index >= 15 is 0 Å². The highest BCUT2D eigenvalue weighted by Gasteiger charge is 2.20. The minimum atomic E-state index is -0.0521. The Labute approximate surface area is 116 Å². The number of hydrogen-bond donors (Lipinski definition) is 2. The van der Waals surface area contributed by atoms with Gasteiger partial charge in [0.2, 0.25) is 0 Å². The maximum Gasteiger partial charge on any atom is 0.251 e. The first-order valence-corrected chi connectivity index (χ1v) is 6.87. The van der Waals surface area contributed by atoms with Crippen molar-refractivity contribution < 1.29 is 4.79 Å². The Morgan fingerprint density at radius 2 is 2.39 bits per heavy atom. The van der Waals surface area contributed by atoms with Gasteiger partial charge in [0.05, 0.1) is 0 Å². The van der Waals surface area contributed by atoms with E-state index in [0.29, 0.717) is 17.2 Å². The number of halogens is 1. The molecule has 98 valence electrons. The number of carbonyl (C=O) groups excluding carboxylic acids is 1.